The van der Waals surface area contributed by atoms with Crippen LogP contribution in [0.25, 0.3) is 0 Å². The van der Waals surface area contributed by atoms with Gasteiger partial charge in [0.1, 0.15) is 24.9 Å². The van der Waals surface area contributed by atoms with Gasteiger partial charge in [-0.3, -0.25) is 14.3 Å². The fourth-order valence-electron chi connectivity index (χ4n) is 5.13. The molecule has 41 heavy (non-hydrogen) atoms. The molecule has 234 valence electrons. The molecule has 0 aromatic carbocycles. The van der Waals surface area contributed by atoms with Gasteiger partial charge in [-0.25, -0.2) is 9.59 Å². The van der Waals surface area contributed by atoms with Crippen LogP contribution in [0.2, 0.25) is 0 Å². The number of aliphatic hydroxyl groups excluding tert-OH is 2. The summed E-state index contributed by atoms with van der Waals surface area (Å²) in [5.41, 5.74) is -2.20. The van der Waals surface area contributed by atoms with Crippen molar-refractivity contribution in [3.8, 4) is 0 Å². The van der Waals surface area contributed by atoms with Gasteiger partial charge in [0.2, 0.25) is 5.82 Å². The number of carbonyl (C=O) groups excluding carboxylic acids is 1. The zero-order valence-electron chi connectivity index (χ0n) is 24.7. The quantitative estimate of drug-likeness (QED) is 0.0943. The Kier molecular flexibility index (Phi) is 17.5. The molecule has 1 saturated heterocycles. The van der Waals surface area contributed by atoms with Crippen LogP contribution >= 0.6 is 0 Å². The number of allylic oxidation sites excluding steroid dienone is 1. The van der Waals surface area contributed by atoms with Crippen molar-refractivity contribution in [3.05, 3.63) is 45.0 Å². The summed E-state index contributed by atoms with van der Waals surface area (Å²) in [7, 11) is 0. The van der Waals surface area contributed by atoms with E-state index in [0.29, 0.717) is 10.8 Å². The van der Waals surface area contributed by atoms with Crippen molar-refractivity contribution in [2.45, 2.75) is 147 Å². The van der Waals surface area contributed by atoms with Crippen molar-refractivity contribution in [1.82, 2.24) is 9.55 Å². The van der Waals surface area contributed by atoms with Crippen molar-refractivity contribution < 1.29 is 28.9 Å². The van der Waals surface area contributed by atoms with E-state index in [1.165, 1.54) is 102 Å². The molecule has 1 aliphatic heterocycles. The van der Waals surface area contributed by atoms with Gasteiger partial charge in [-0.05, 0) is 12.8 Å². The van der Waals surface area contributed by atoms with Crippen LogP contribution in [0.1, 0.15) is 129 Å². The molecule has 0 aliphatic carbocycles. The highest BCUT2D eigenvalue weighted by Crippen LogP contribution is 2.28. The highest BCUT2D eigenvalue weighted by Gasteiger charge is 2.44. The van der Waals surface area contributed by atoms with Crippen molar-refractivity contribution in [2.75, 3.05) is 6.61 Å². The number of carbonyl (C=O) groups is 1. The number of hydrogen-bond donors (Lipinski definition) is 3. The summed E-state index contributed by atoms with van der Waals surface area (Å²) in [6.45, 7) is 1.90. The maximum absolute atomic E-state index is 13.6. The number of aromatic amines is 1. The lowest BCUT2D eigenvalue weighted by molar-refractivity contribution is -0.144. The third-order valence-corrected chi connectivity index (χ3v) is 7.65. The van der Waals surface area contributed by atoms with Crippen molar-refractivity contribution in [2.24, 2.45) is 0 Å². The van der Waals surface area contributed by atoms with E-state index >= 15 is 0 Å². The fraction of sp³-hybridized carbons (Fsp3) is 0.774. The molecular formula is C31H51FN2O7. The molecule has 1 aromatic heterocycles. The number of halogens is 1. The predicted octanol–water partition coefficient (Wildman–Crippen LogP) is 5.44. The second kappa shape index (κ2) is 20.6. The Balaban J connectivity index is 1.46. The van der Waals surface area contributed by atoms with Crippen LogP contribution in [0.4, 0.5) is 4.39 Å². The fourth-order valence-corrected chi connectivity index (χ4v) is 5.13. The average molecular weight is 583 g/mol. The monoisotopic (exact) mass is 582 g/mol. The maximum Gasteiger partial charge on any atom is 0.330 e. The van der Waals surface area contributed by atoms with E-state index in [1.54, 1.807) is 11.1 Å². The van der Waals surface area contributed by atoms with Gasteiger partial charge in [0.25, 0.3) is 5.56 Å². The Morgan fingerprint density at radius 1 is 0.902 bits per heavy atom. The summed E-state index contributed by atoms with van der Waals surface area (Å²) in [4.78, 5) is 36.9. The van der Waals surface area contributed by atoms with Crippen LogP contribution < -0.4 is 11.2 Å². The van der Waals surface area contributed by atoms with E-state index in [9.17, 15) is 29.0 Å². The topological polar surface area (TPSA) is 131 Å². The van der Waals surface area contributed by atoms with Gasteiger partial charge in [0.15, 0.2) is 6.23 Å². The van der Waals surface area contributed by atoms with Crippen LogP contribution in [-0.2, 0) is 14.3 Å². The van der Waals surface area contributed by atoms with Gasteiger partial charge >= 0.3 is 11.7 Å². The predicted molar refractivity (Wildman–Crippen MR) is 156 cm³/mol. The van der Waals surface area contributed by atoms with Crippen LogP contribution in [-0.4, -0.2) is 50.7 Å². The normalized spacial score (nSPS) is 20.7. The molecule has 0 radical (unpaired) electrons. The summed E-state index contributed by atoms with van der Waals surface area (Å²) in [5.74, 6) is -1.85. The zero-order chi connectivity index (χ0) is 29.9. The Bertz CT molecular complexity index is 1010. The minimum Gasteiger partial charge on any atom is -0.460 e. The smallest absolute Gasteiger partial charge is 0.330 e. The summed E-state index contributed by atoms with van der Waals surface area (Å²) in [6.07, 6.45) is 21.1. The van der Waals surface area contributed by atoms with Gasteiger partial charge < -0.3 is 19.7 Å². The largest absolute Gasteiger partial charge is 0.460 e. The highest BCUT2D eigenvalue weighted by atomic mass is 19.1. The van der Waals surface area contributed by atoms with E-state index in [2.05, 4.69) is 6.92 Å². The molecule has 1 aromatic rings. The number of unbranched alkanes of at least 4 members (excludes halogenated alkanes) is 17. The number of aromatic nitrogens is 2. The standard InChI is InChI=1S/C31H51FN2O7/c1-2-3-4-5-6-7-8-9-10-11-12-13-14-15-16-17-18-19-20-21-26(35)40-23-25-27(36)28(37)30(41-25)34-22-24(32)29(38)33-31(34)39/h20-22,25,27-28,30,36-37H,2-19,23H2,1H3,(H,33,38,39)/t25-,27-,28-,30-/m1/s1. The minimum absolute atomic E-state index is 0.363. The Labute approximate surface area is 243 Å². The van der Waals surface area contributed by atoms with Crippen molar-refractivity contribution >= 4 is 5.97 Å². The van der Waals surface area contributed by atoms with Gasteiger partial charge in [0, 0.05) is 6.08 Å². The first-order chi connectivity index (χ1) is 19.8. The number of aliphatic hydroxyl groups is 2. The molecule has 10 heteroatoms. The molecule has 2 rings (SSSR count). The highest BCUT2D eigenvalue weighted by molar-refractivity contribution is 5.81. The van der Waals surface area contributed by atoms with Crippen LogP contribution in [0.5, 0.6) is 0 Å². The lowest BCUT2D eigenvalue weighted by Crippen LogP contribution is -2.38. The third-order valence-electron chi connectivity index (χ3n) is 7.65. The number of nitrogens with zero attached hydrogens (tertiary/aromatic N) is 1. The number of H-pyrrole nitrogens is 1. The van der Waals surface area contributed by atoms with E-state index in [-0.39, 0.29) is 6.61 Å². The lowest BCUT2D eigenvalue weighted by Gasteiger charge is -2.16. The first-order valence-electron chi connectivity index (χ1n) is 15.7. The second-order valence-corrected chi connectivity index (χ2v) is 11.2. The SMILES string of the molecule is CCCCCCCCCCCCCCCCCCCC=CC(=O)OC[C@H]1O[C@@H](n2cc(F)c(=O)[nH]c2=O)[C@H](O)[C@@H]1O. The molecule has 1 fully saturated rings. The number of nitrogens with one attached hydrogen (secondary N) is 1. The van der Waals surface area contributed by atoms with Crippen LogP contribution in [0.3, 0.4) is 0 Å². The molecule has 9 nitrogen and oxygen atoms in total. The minimum atomic E-state index is -1.59. The summed E-state index contributed by atoms with van der Waals surface area (Å²) in [5, 5.41) is 20.4. The first kappa shape index (κ1) is 34.9. The number of hydrogen-bond acceptors (Lipinski definition) is 7. The summed E-state index contributed by atoms with van der Waals surface area (Å²) in [6, 6.07) is 0. The van der Waals surface area contributed by atoms with E-state index in [4.69, 9.17) is 9.47 Å². The number of ether oxygens (including phenoxy) is 2. The molecule has 0 unspecified atom stereocenters. The van der Waals surface area contributed by atoms with Crippen LogP contribution in [0, 0.1) is 5.82 Å². The van der Waals surface area contributed by atoms with Crippen LogP contribution in [0.15, 0.2) is 27.9 Å². The molecule has 1 aliphatic rings. The third kappa shape index (κ3) is 13.5. The average Bonchev–Trinajstić information content (AvgIpc) is 3.23. The molecular weight excluding hydrogens is 531 g/mol. The first-order valence-corrected chi connectivity index (χ1v) is 15.7. The van der Waals surface area contributed by atoms with Gasteiger partial charge in [0.05, 0.1) is 6.20 Å². The van der Waals surface area contributed by atoms with E-state index < -0.39 is 47.6 Å². The molecule has 4 atom stereocenters. The molecule has 2 heterocycles. The summed E-state index contributed by atoms with van der Waals surface area (Å²) < 4.78 is 24.7. The van der Waals surface area contributed by atoms with Gasteiger partial charge in [-0.1, -0.05) is 116 Å². The number of esters is 1. The Morgan fingerprint density at radius 3 is 1.95 bits per heavy atom. The molecule has 0 bridgehead atoms. The second-order valence-electron chi connectivity index (χ2n) is 11.2. The zero-order valence-corrected chi connectivity index (χ0v) is 24.7. The Hall–Kier alpha value is -2.30. The van der Waals surface area contributed by atoms with E-state index in [0.717, 1.165) is 19.3 Å². The van der Waals surface area contributed by atoms with E-state index in [1.807, 2.05) is 0 Å². The molecule has 3 N–H and O–H groups in total. The molecule has 0 saturated carbocycles. The lowest BCUT2D eigenvalue weighted by atomic mass is 10.0. The van der Waals surface area contributed by atoms with Gasteiger partial charge in [-0.15, -0.1) is 0 Å². The van der Waals surface area contributed by atoms with Crippen molar-refractivity contribution in [3.63, 3.8) is 0 Å². The number of rotatable bonds is 22. The summed E-state index contributed by atoms with van der Waals surface area (Å²) >= 11 is 0. The Morgan fingerprint density at radius 2 is 1.41 bits per heavy atom. The van der Waals surface area contributed by atoms with Gasteiger partial charge in [-0.2, -0.15) is 4.39 Å². The molecule has 0 spiro atoms. The molecule has 0 amide bonds. The van der Waals surface area contributed by atoms with Crippen molar-refractivity contribution in [1.29, 1.82) is 0 Å². The maximum atomic E-state index is 13.6.